The van der Waals surface area contributed by atoms with E-state index in [9.17, 15) is 4.79 Å². The topological polar surface area (TPSA) is 159 Å². The van der Waals surface area contributed by atoms with Gasteiger partial charge in [-0.25, -0.2) is 0 Å². The van der Waals surface area contributed by atoms with Crippen LogP contribution in [-0.2, 0) is 4.79 Å². The van der Waals surface area contributed by atoms with E-state index in [2.05, 4.69) is 0 Å². The fraction of sp³-hybridized carbons (Fsp3) is 0.833. The predicted molar refractivity (Wildman–Crippen MR) is 47.4 cm³/mol. The van der Waals surface area contributed by atoms with Crippen LogP contribution in [0.4, 0.5) is 0 Å². The molecule has 0 fully saturated rings. The first-order valence-electron chi connectivity index (χ1n) is 3.84. The molecule has 0 aliphatic heterocycles. The Balaban J connectivity index is 0. The summed E-state index contributed by atoms with van der Waals surface area (Å²) >= 11 is 0. The molecule has 0 saturated heterocycles. The van der Waals surface area contributed by atoms with E-state index in [1.807, 2.05) is 0 Å². The highest BCUT2D eigenvalue weighted by atomic mass is 16.4. The largest absolute Gasteiger partial charge is 0.482 e. The third-order valence-corrected chi connectivity index (χ3v) is 1.42. The molecule has 9 heteroatoms. The first-order valence-corrected chi connectivity index (χ1v) is 3.84. The Morgan fingerprint density at radius 2 is 1.47 bits per heavy atom. The number of carbonyl (C=O) groups is 1. The van der Waals surface area contributed by atoms with Gasteiger partial charge in [0.2, 0.25) is 0 Å². The SMILES string of the molecule is O=C[C@H](O)[C@H](O)[C@@H](O)[C@H](O)CO.O[B]O. The zero-order valence-electron chi connectivity index (χ0n) is 7.71. The van der Waals surface area contributed by atoms with Gasteiger partial charge in [-0.3, -0.25) is 0 Å². The summed E-state index contributed by atoms with van der Waals surface area (Å²) in [5.41, 5.74) is 0. The molecule has 0 saturated carbocycles. The summed E-state index contributed by atoms with van der Waals surface area (Å²) in [4.78, 5) is 9.90. The van der Waals surface area contributed by atoms with Crippen LogP contribution >= 0.6 is 0 Å². The average Bonchev–Trinajstić information content (AvgIpc) is 2.25. The van der Waals surface area contributed by atoms with Crippen molar-refractivity contribution in [2.45, 2.75) is 24.4 Å². The van der Waals surface area contributed by atoms with Crippen LogP contribution in [0.1, 0.15) is 0 Å². The second kappa shape index (κ2) is 9.99. The minimum absolute atomic E-state index is 0. The maximum Gasteiger partial charge on any atom is 0.482 e. The minimum Gasteiger partial charge on any atom is -0.429 e. The van der Waals surface area contributed by atoms with E-state index in [-0.39, 0.29) is 14.0 Å². The van der Waals surface area contributed by atoms with Crippen molar-refractivity contribution in [3.05, 3.63) is 0 Å². The number of rotatable bonds is 5. The molecule has 8 nitrogen and oxygen atoms in total. The molecule has 15 heavy (non-hydrogen) atoms. The molecule has 0 spiro atoms. The van der Waals surface area contributed by atoms with Crippen LogP contribution in [0.5, 0.6) is 0 Å². The summed E-state index contributed by atoms with van der Waals surface area (Å²) in [6.45, 7) is -0.760. The molecule has 0 aromatic heterocycles. The first-order chi connectivity index (χ1) is 6.95. The van der Waals surface area contributed by atoms with Gasteiger partial charge in [0.05, 0.1) is 6.61 Å². The third-order valence-electron chi connectivity index (χ3n) is 1.42. The van der Waals surface area contributed by atoms with Gasteiger partial charge >= 0.3 is 7.69 Å². The predicted octanol–water partition coefficient (Wildman–Crippen LogP) is -4.87. The Labute approximate surface area is 86.3 Å². The number of aliphatic hydroxyl groups excluding tert-OH is 5. The smallest absolute Gasteiger partial charge is 0.429 e. The van der Waals surface area contributed by atoms with Gasteiger partial charge in [0.1, 0.15) is 24.4 Å². The molecule has 0 amide bonds. The molecule has 0 unspecified atom stereocenters. The third kappa shape index (κ3) is 7.39. The summed E-state index contributed by atoms with van der Waals surface area (Å²) in [7, 11) is 0. The Hall–Kier alpha value is -0.545. The summed E-state index contributed by atoms with van der Waals surface area (Å²) in [6.07, 6.45) is -6.84. The normalized spacial score (nSPS) is 17.8. The van der Waals surface area contributed by atoms with Gasteiger partial charge in [-0.1, -0.05) is 0 Å². The molecule has 89 valence electrons. The second-order valence-corrected chi connectivity index (χ2v) is 2.47. The number of carbonyl (C=O) groups excluding carboxylic acids is 1. The van der Waals surface area contributed by atoms with E-state index in [1.165, 1.54) is 0 Å². The molecule has 0 aliphatic carbocycles. The molecule has 7 N–H and O–H groups in total. The van der Waals surface area contributed by atoms with Crippen molar-refractivity contribution in [3.63, 3.8) is 0 Å². The van der Waals surface area contributed by atoms with E-state index in [4.69, 9.17) is 35.6 Å². The van der Waals surface area contributed by atoms with Gasteiger partial charge in [0, 0.05) is 0 Å². The molecule has 1 radical (unpaired) electrons. The van der Waals surface area contributed by atoms with Crippen LogP contribution in [0.3, 0.4) is 0 Å². The van der Waals surface area contributed by atoms with Gasteiger partial charge in [0.25, 0.3) is 0 Å². The number of hydrogen-bond acceptors (Lipinski definition) is 8. The number of aldehydes is 1. The lowest BCUT2D eigenvalue weighted by molar-refractivity contribution is -0.136. The van der Waals surface area contributed by atoms with Crippen LogP contribution in [-0.4, -0.2) is 80.6 Å². The Kier molecular flexibility index (Phi) is 11.2. The molecule has 0 rings (SSSR count). The van der Waals surface area contributed by atoms with Gasteiger partial charge in [0.15, 0.2) is 6.29 Å². The zero-order valence-corrected chi connectivity index (χ0v) is 7.71. The lowest BCUT2D eigenvalue weighted by atomic mass is 10.0. The van der Waals surface area contributed by atoms with E-state index in [0.717, 1.165) is 0 Å². The molecule has 0 heterocycles. The maximum atomic E-state index is 9.90. The van der Waals surface area contributed by atoms with Crippen molar-refractivity contribution >= 4 is 14.0 Å². The van der Waals surface area contributed by atoms with Gasteiger partial charge in [-0.15, -0.1) is 0 Å². The molecule has 0 aliphatic rings. The second-order valence-electron chi connectivity index (χ2n) is 2.47. The maximum absolute atomic E-state index is 9.90. The zero-order chi connectivity index (χ0) is 12.4. The number of hydrogen-bond donors (Lipinski definition) is 7. The standard InChI is InChI=1S/C6H12O6.BH2O2/c7-1-3(9)5(11)6(12)4(10)2-8;2-1-3/h1,3-6,8-12H,2H2;2-3H/t3-,4+,5-,6-;/m0./s1. The fourth-order valence-corrected chi connectivity index (χ4v) is 0.618. The van der Waals surface area contributed by atoms with Crippen LogP contribution in [0.15, 0.2) is 0 Å². The van der Waals surface area contributed by atoms with Crippen LogP contribution in [0.2, 0.25) is 0 Å². The average molecular weight is 225 g/mol. The van der Waals surface area contributed by atoms with Crippen molar-refractivity contribution in [2.75, 3.05) is 6.61 Å². The molecular weight excluding hydrogens is 211 g/mol. The highest BCUT2D eigenvalue weighted by Gasteiger charge is 2.29. The summed E-state index contributed by atoms with van der Waals surface area (Å²) in [5.74, 6) is 0. The van der Waals surface area contributed by atoms with Crippen LogP contribution in [0.25, 0.3) is 0 Å². The molecule has 4 atom stereocenters. The number of aliphatic hydroxyl groups is 5. The van der Waals surface area contributed by atoms with E-state index in [0.29, 0.717) is 0 Å². The van der Waals surface area contributed by atoms with Crippen molar-refractivity contribution < 1.29 is 40.4 Å². The lowest BCUT2D eigenvalue weighted by Gasteiger charge is -2.22. The molecule has 0 aromatic rings. The van der Waals surface area contributed by atoms with Crippen molar-refractivity contribution in [1.29, 1.82) is 0 Å². The fourth-order valence-electron chi connectivity index (χ4n) is 0.618. The molecular formula is C6H14BO8. The van der Waals surface area contributed by atoms with Crippen molar-refractivity contribution in [1.82, 2.24) is 0 Å². The highest BCUT2D eigenvalue weighted by Crippen LogP contribution is 2.02. The van der Waals surface area contributed by atoms with Gasteiger partial charge in [-0.2, -0.15) is 0 Å². The quantitative estimate of drug-likeness (QED) is 0.181. The van der Waals surface area contributed by atoms with Crippen molar-refractivity contribution in [3.8, 4) is 0 Å². The summed E-state index contributed by atoms with van der Waals surface area (Å²) in [6, 6.07) is 0. The Bertz CT molecular complexity index is 156. The van der Waals surface area contributed by atoms with E-state index in [1.54, 1.807) is 0 Å². The summed E-state index contributed by atoms with van der Waals surface area (Å²) < 4.78 is 0. The van der Waals surface area contributed by atoms with Crippen LogP contribution < -0.4 is 0 Å². The van der Waals surface area contributed by atoms with Gasteiger partial charge < -0.3 is 40.4 Å². The summed E-state index contributed by atoms with van der Waals surface area (Å²) in [5, 5.41) is 57.5. The monoisotopic (exact) mass is 225 g/mol. The molecule has 0 bridgehead atoms. The van der Waals surface area contributed by atoms with Gasteiger partial charge in [-0.05, 0) is 0 Å². The highest BCUT2D eigenvalue weighted by molar-refractivity contribution is 6.13. The lowest BCUT2D eigenvalue weighted by Crippen LogP contribution is -2.46. The minimum atomic E-state index is -1.79. The van der Waals surface area contributed by atoms with E-state index < -0.39 is 31.0 Å². The van der Waals surface area contributed by atoms with Crippen molar-refractivity contribution in [2.24, 2.45) is 0 Å². The Morgan fingerprint density at radius 1 is 1.07 bits per heavy atom. The molecule has 0 aromatic carbocycles. The Morgan fingerprint density at radius 3 is 1.73 bits per heavy atom. The van der Waals surface area contributed by atoms with E-state index >= 15 is 0 Å². The first kappa shape index (κ1) is 16.9. The van der Waals surface area contributed by atoms with Crippen LogP contribution in [0, 0.1) is 0 Å².